The van der Waals surface area contributed by atoms with E-state index in [0.717, 1.165) is 38.4 Å². The highest BCUT2D eigenvalue weighted by atomic mass is 15.2. The van der Waals surface area contributed by atoms with Crippen LogP contribution >= 0.6 is 0 Å². The molecule has 1 aromatic heterocycles. The van der Waals surface area contributed by atoms with Crippen molar-refractivity contribution in [3.05, 3.63) is 29.6 Å². The van der Waals surface area contributed by atoms with E-state index >= 15 is 0 Å². The molecule has 0 amide bonds. The number of hydrogen-bond donors (Lipinski definition) is 1. The van der Waals surface area contributed by atoms with E-state index in [0.29, 0.717) is 6.04 Å². The van der Waals surface area contributed by atoms with Crippen LogP contribution in [-0.4, -0.2) is 54.6 Å². The molecule has 120 valence electrons. The second-order valence-corrected chi connectivity index (χ2v) is 6.24. The maximum atomic E-state index is 4.78. The molecule has 0 radical (unpaired) electrons. The van der Waals surface area contributed by atoms with Crippen molar-refractivity contribution >= 4 is 0 Å². The zero-order chi connectivity index (χ0) is 15.7. The van der Waals surface area contributed by atoms with Crippen LogP contribution in [0.15, 0.2) is 18.2 Å². The van der Waals surface area contributed by atoms with Crippen LogP contribution in [0.3, 0.4) is 0 Å². The van der Waals surface area contributed by atoms with Crippen LogP contribution in [-0.2, 0) is 13.1 Å². The van der Waals surface area contributed by atoms with Gasteiger partial charge in [-0.25, -0.2) is 0 Å². The molecule has 1 rings (SSSR count). The van der Waals surface area contributed by atoms with E-state index in [4.69, 9.17) is 4.98 Å². The highest BCUT2D eigenvalue weighted by Crippen LogP contribution is 2.05. The van der Waals surface area contributed by atoms with Crippen molar-refractivity contribution in [2.45, 2.75) is 46.3 Å². The van der Waals surface area contributed by atoms with Gasteiger partial charge in [-0.15, -0.1) is 0 Å². The fourth-order valence-electron chi connectivity index (χ4n) is 2.18. The molecule has 0 atom stereocenters. The molecule has 0 bridgehead atoms. The van der Waals surface area contributed by atoms with Gasteiger partial charge in [-0.3, -0.25) is 9.88 Å². The SMILES string of the molecule is CCCN(CCN(C)C)Cc1cccc(CNC(C)C)n1. The zero-order valence-electron chi connectivity index (χ0n) is 14.4. The summed E-state index contributed by atoms with van der Waals surface area (Å²) in [6.45, 7) is 11.7. The first-order valence-corrected chi connectivity index (χ1v) is 8.06. The highest BCUT2D eigenvalue weighted by molar-refractivity contribution is 5.11. The third-order valence-electron chi connectivity index (χ3n) is 3.34. The smallest absolute Gasteiger partial charge is 0.0547 e. The fraction of sp³-hybridized carbons (Fsp3) is 0.706. The molecule has 0 aromatic carbocycles. The van der Waals surface area contributed by atoms with Crippen LogP contribution in [0.25, 0.3) is 0 Å². The van der Waals surface area contributed by atoms with Gasteiger partial charge in [0.05, 0.1) is 11.4 Å². The molecule has 4 nitrogen and oxygen atoms in total. The lowest BCUT2D eigenvalue weighted by Crippen LogP contribution is -2.32. The minimum absolute atomic E-state index is 0.493. The molecular formula is C17H32N4. The highest BCUT2D eigenvalue weighted by Gasteiger charge is 2.07. The van der Waals surface area contributed by atoms with Crippen molar-refractivity contribution in [3.63, 3.8) is 0 Å². The van der Waals surface area contributed by atoms with Gasteiger partial charge in [-0.05, 0) is 39.2 Å². The summed E-state index contributed by atoms with van der Waals surface area (Å²) in [7, 11) is 4.25. The van der Waals surface area contributed by atoms with Crippen molar-refractivity contribution in [2.75, 3.05) is 33.7 Å². The van der Waals surface area contributed by atoms with Crippen molar-refractivity contribution < 1.29 is 0 Å². The summed E-state index contributed by atoms with van der Waals surface area (Å²) in [5.74, 6) is 0. The van der Waals surface area contributed by atoms with E-state index in [2.05, 4.69) is 68.2 Å². The Bertz CT molecular complexity index is 390. The van der Waals surface area contributed by atoms with Crippen molar-refractivity contribution in [1.29, 1.82) is 0 Å². The maximum absolute atomic E-state index is 4.78. The molecule has 4 heteroatoms. The van der Waals surface area contributed by atoms with Crippen molar-refractivity contribution in [1.82, 2.24) is 20.1 Å². The molecule has 1 heterocycles. The summed E-state index contributed by atoms with van der Waals surface area (Å²) in [4.78, 5) is 9.50. The monoisotopic (exact) mass is 292 g/mol. The minimum Gasteiger partial charge on any atom is -0.309 e. The van der Waals surface area contributed by atoms with Crippen LogP contribution in [0.1, 0.15) is 38.6 Å². The maximum Gasteiger partial charge on any atom is 0.0547 e. The van der Waals surface area contributed by atoms with Crippen LogP contribution in [0.2, 0.25) is 0 Å². The zero-order valence-corrected chi connectivity index (χ0v) is 14.4. The Balaban J connectivity index is 2.58. The molecule has 21 heavy (non-hydrogen) atoms. The first-order valence-electron chi connectivity index (χ1n) is 8.06. The Morgan fingerprint density at radius 2 is 1.81 bits per heavy atom. The number of nitrogens with one attached hydrogen (secondary N) is 1. The molecule has 1 aromatic rings. The van der Waals surface area contributed by atoms with Gasteiger partial charge in [0.2, 0.25) is 0 Å². The number of hydrogen-bond acceptors (Lipinski definition) is 4. The minimum atomic E-state index is 0.493. The summed E-state index contributed by atoms with van der Waals surface area (Å²) in [6.07, 6.45) is 1.18. The third kappa shape index (κ3) is 8.15. The molecule has 0 aliphatic rings. The average molecular weight is 292 g/mol. The average Bonchev–Trinajstić information content (AvgIpc) is 2.43. The Morgan fingerprint density at radius 3 is 2.43 bits per heavy atom. The van der Waals surface area contributed by atoms with Gasteiger partial charge in [0.15, 0.2) is 0 Å². The summed E-state index contributed by atoms with van der Waals surface area (Å²) in [6, 6.07) is 6.85. The summed E-state index contributed by atoms with van der Waals surface area (Å²) in [5.41, 5.74) is 2.30. The van der Waals surface area contributed by atoms with Gasteiger partial charge >= 0.3 is 0 Å². The number of aromatic nitrogens is 1. The number of rotatable bonds is 10. The largest absolute Gasteiger partial charge is 0.309 e. The van der Waals surface area contributed by atoms with Gasteiger partial charge in [-0.1, -0.05) is 26.8 Å². The lowest BCUT2D eigenvalue weighted by atomic mass is 10.2. The molecule has 0 fully saturated rings. The molecule has 0 saturated heterocycles. The normalized spacial score (nSPS) is 11.8. The first-order chi connectivity index (χ1) is 10.0. The van der Waals surface area contributed by atoms with E-state index in [-0.39, 0.29) is 0 Å². The molecule has 0 saturated carbocycles. The standard InChI is InChI=1S/C17H32N4/c1-6-10-21(12-11-20(4)5)14-17-9-7-8-16(19-17)13-18-15(2)3/h7-9,15,18H,6,10-14H2,1-5H3. The Morgan fingerprint density at radius 1 is 1.10 bits per heavy atom. The first kappa shape index (κ1) is 18.1. The van der Waals surface area contributed by atoms with E-state index in [1.807, 2.05) is 0 Å². The molecule has 0 aliphatic heterocycles. The van der Waals surface area contributed by atoms with Gasteiger partial charge in [-0.2, -0.15) is 0 Å². The van der Waals surface area contributed by atoms with E-state index in [9.17, 15) is 0 Å². The molecular weight excluding hydrogens is 260 g/mol. The van der Waals surface area contributed by atoms with Crippen molar-refractivity contribution in [3.8, 4) is 0 Å². The Labute approximate surface area is 130 Å². The second kappa shape index (κ2) is 9.87. The van der Waals surface area contributed by atoms with Crippen LogP contribution < -0.4 is 5.32 Å². The third-order valence-corrected chi connectivity index (χ3v) is 3.34. The van der Waals surface area contributed by atoms with Crippen LogP contribution in [0.5, 0.6) is 0 Å². The predicted molar refractivity (Wildman–Crippen MR) is 90.3 cm³/mol. The van der Waals surface area contributed by atoms with Gasteiger partial charge in [0.1, 0.15) is 0 Å². The second-order valence-electron chi connectivity index (χ2n) is 6.24. The molecule has 0 aliphatic carbocycles. The van der Waals surface area contributed by atoms with Crippen molar-refractivity contribution in [2.24, 2.45) is 0 Å². The fourth-order valence-corrected chi connectivity index (χ4v) is 2.18. The predicted octanol–water partition coefficient (Wildman–Crippen LogP) is 2.35. The Hall–Kier alpha value is -0.970. The lowest BCUT2D eigenvalue weighted by Gasteiger charge is -2.23. The number of pyridine rings is 1. The summed E-state index contributed by atoms with van der Waals surface area (Å²) >= 11 is 0. The topological polar surface area (TPSA) is 31.4 Å². The summed E-state index contributed by atoms with van der Waals surface area (Å²) < 4.78 is 0. The van der Waals surface area contributed by atoms with Gasteiger partial charge in [0, 0.05) is 32.2 Å². The van der Waals surface area contributed by atoms with E-state index in [1.54, 1.807) is 0 Å². The van der Waals surface area contributed by atoms with E-state index < -0.39 is 0 Å². The van der Waals surface area contributed by atoms with Gasteiger partial charge in [0.25, 0.3) is 0 Å². The summed E-state index contributed by atoms with van der Waals surface area (Å²) in [5, 5.41) is 3.42. The van der Waals surface area contributed by atoms with Crippen LogP contribution in [0, 0.1) is 0 Å². The quantitative estimate of drug-likeness (QED) is 0.717. The van der Waals surface area contributed by atoms with Gasteiger partial charge < -0.3 is 10.2 Å². The van der Waals surface area contributed by atoms with E-state index in [1.165, 1.54) is 12.1 Å². The molecule has 0 spiro atoms. The molecule has 0 unspecified atom stereocenters. The number of likely N-dealkylation sites (N-methyl/N-ethyl adjacent to an activating group) is 1. The molecule has 1 N–H and O–H groups in total. The Kier molecular flexibility index (Phi) is 8.50. The number of nitrogens with zero attached hydrogens (tertiary/aromatic N) is 3. The lowest BCUT2D eigenvalue weighted by molar-refractivity contribution is 0.231. The van der Waals surface area contributed by atoms with Crippen LogP contribution in [0.4, 0.5) is 0 Å².